The maximum absolute atomic E-state index is 11.8. The van der Waals surface area contributed by atoms with Crippen molar-refractivity contribution >= 4 is 27.3 Å². The highest BCUT2D eigenvalue weighted by Crippen LogP contribution is 2.25. The Labute approximate surface area is 98.3 Å². The van der Waals surface area contributed by atoms with Gasteiger partial charge < -0.3 is 5.32 Å². The minimum absolute atomic E-state index is 0.0484. The van der Waals surface area contributed by atoms with Gasteiger partial charge in [0.2, 0.25) is 0 Å². The molecular weight excluding hydrogens is 218 g/mol. The van der Waals surface area contributed by atoms with Gasteiger partial charge >= 0.3 is 0 Å². The van der Waals surface area contributed by atoms with Crippen molar-refractivity contribution in [3.8, 4) is 12.3 Å². The molecule has 1 N–H and O–H groups in total. The molecule has 3 heteroatoms. The molecule has 2 nitrogen and oxygen atoms in total. The van der Waals surface area contributed by atoms with Crippen LogP contribution >= 0.6 is 11.3 Å². The molecule has 0 saturated carbocycles. The largest absolute Gasteiger partial charge is 0.351 e. The van der Waals surface area contributed by atoms with E-state index in [2.05, 4.69) is 11.2 Å². The molecule has 80 valence electrons. The molecule has 16 heavy (non-hydrogen) atoms. The van der Waals surface area contributed by atoms with Crippen LogP contribution in [0.5, 0.6) is 0 Å². The van der Waals surface area contributed by atoms with Gasteiger partial charge in [-0.1, -0.05) is 18.2 Å². The van der Waals surface area contributed by atoms with Crippen LogP contribution in [0, 0.1) is 12.3 Å². The third-order valence-corrected chi connectivity index (χ3v) is 3.24. The number of benzene rings is 1. The lowest BCUT2D eigenvalue weighted by Crippen LogP contribution is -2.23. The lowest BCUT2D eigenvalue weighted by molar-refractivity contribution is 0.0956. The predicted octanol–water partition coefficient (Wildman–Crippen LogP) is 2.65. The Balaban J connectivity index is 2.20. The van der Waals surface area contributed by atoms with Gasteiger partial charge in [-0.3, -0.25) is 4.79 Å². The van der Waals surface area contributed by atoms with Crippen molar-refractivity contribution in [2.75, 3.05) is 6.54 Å². The minimum atomic E-state index is -0.0484. The number of carbonyl (C=O) groups is 1. The van der Waals surface area contributed by atoms with Gasteiger partial charge in [-0.2, -0.15) is 0 Å². The molecule has 0 atom stereocenters. The molecule has 0 spiro atoms. The van der Waals surface area contributed by atoms with E-state index < -0.39 is 0 Å². The average Bonchev–Trinajstić information content (AvgIpc) is 2.73. The predicted molar refractivity (Wildman–Crippen MR) is 67.6 cm³/mol. The number of fused-ring (bicyclic) bond motifs is 1. The molecule has 0 aliphatic rings. The molecule has 0 saturated heterocycles. The van der Waals surface area contributed by atoms with Crippen molar-refractivity contribution < 1.29 is 4.79 Å². The Morgan fingerprint density at radius 2 is 2.25 bits per heavy atom. The first-order valence-electron chi connectivity index (χ1n) is 5.01. The third kappa shape index (κ3) is 2.07. The Kier molecular flexibility index (Phi) is 3.23. The van der Waals surface area contributed by atoms with Crippen LogP contribution < -0.4 is 5.32 Å². The third-order valence-electron chi connectivity index (χ3n) is 2.28. The quantitative estimate of drug-likeness (QED) is 0.636. The van der Waals surface area contributed by atoms with Crippen LogP contribution in [0.15, 0.2) is 29.6 Å². The zero-order valence-corrected chi connectivity index (χ0v) is 9.51. The van der Waals surface area contributed by atoms with Crippen LogP contribution in [0.3, 0.4) is 0 Å². The lowest BCUT2D eigenvalue weighted by atomic mass is 10.1. The second-order valence-corrected chi connectivity index (χ2v) is 4.27. The second kappa shape index (κ2) is 4.82. The van der Waals surface area contributed by atoms with Crippen molar-refractivity contribution in [2.24, 2.45) is 0 Å². The number of terminal acetylenes is 1. The fourth-order valence-corrected chi connectivity index (χ4v) is 2.44. The van der Waals surface area contributed by atoms with Crippen LogP contribution in [0.2, 0.25) is 0 Å². The van der Waals surface area contributed by atoms with E-state index in [1.165, 1.54) is 0 Å². The minimum Gasteiger partial charge on any atom is -0.351 e. The van der Waals surface area contributed by atoms with Gasteiger partial charge in [0.1, 0.15) is 0 Å². The standard InChI is InChI=1S/C13H11NOS/c1-2-3-8-14-13(15)11-9-16-12-7-5-4-6-10(11)12/h1,4-7,9H,3,8H2,(H,14,15). The molecule has 1 heterocycles. The maximum atomic E-state index is 11.8. The number of amides is 1. The van der Waals surface area contributed by atoms with Crippen molar-refractivity contribution in [2.45, 2.75) is 6.42 Å². The number of hydrogen-bond acceptors (Lipinski definition) is 2. The van der Waals surface area contributed by atoms with E-state index in [0.717, 1.165) is 15.6 Å². The van der Waals surface area contributed by atoms with Crippen molar-refractivity contribution in [3.63, 3.8) is 0 Å². The average molecular weight is 229 g/mol. The Hall–Kier alpha value is -1.79. The zero-order chi connectivity index (χ0) is 11.4. The molecule has 0 aliphatic carbocycles. The van der Waals surface area contributed by atoms with Gasteiger partial charge in [0.05, 0.1) is 5.56 Å². The summed E-state index contributed by atoms with van der Waals surface area (Å²) in [7, 11) is 0. The van der Waals surface area contributed by atoms with Gasteiger partial charge in [-0.15, -0.1) is 23.7 Å². The van der Waals surface area contributed by atoms with Crippen LogP contribution in [-0.4, -0.2) is 12.5 Å². The Bertz CT molecular complexity index is 550. The first-order chi connectivity index (χ1) is 7.83. The summed E-state index contributed by atoms with van der Waals surface area (Å²) in [6.07, 6.45) is 5.69. The summed E-state index contributed by atoms with van der Waals surface area (Å²) >= 11 is 1.58. The summed E-state index contributed by atoms with van der Waals surface area (Å²) in [4.78, 5) is 11.8. The van der Waals surface area contributed by atoms with E-state index in [1.807, 2.05) is 29.6 Å². The summed E-state index contributed by atoms with van der Waals surface area (Å²) in [5.41, 5.74) is 0.734. The van der Waals surface area contributed by atoms with Crippen LogP contribution in [0.4, 0.5) is 0 Å². The topological polar surface area (TPSA) is 29.1 Å². The van der Waals surface area contributed by atoms with Crippen LogP contribution in [0.1, 0.15) is 16.8 Å². The van der Waals surface area contributed by atoms with Gasteiger partial charge in [0.15, 0.2) is 0 Å². The number of carbonyl (C=O) groups excluding carboxylic acids is 1. The maximum Gasteiger partial charge on any atom is 0.252 e. The normalized spacial score (nSPS) is 9.94. The highest BCUT2D eigenvalue weighted by molar-refractivity contribution is 7.17. The molecule has 0 aliphatic heterocycles. The first-order valence-corrected chi connectivity index (χ1v) is 5.89. The molecule has 0 radical (unpaired) electrons. The Morgan fingerprint density at radius 1 is 1.44 bits per heavy atom. The summed E-state index contributed by atoms with van der Waals surface area (Å²) in [5, 5.41) is 5.69. The highest BCUT2D eigenvalue weighted by Gasteiger charge is 2.10. The summed E-state index contributed by atoms with van der Waals surface area (Å²) in [6, 6.07) is 7.88. The van der Waals surface area contributed by atoms with Gasteiger partial charge in [-0.05, 0) is 6.07 Å². The van der Waals surface area contributed by atoms with E-state index in [-0.39, 0.29) is 5.91 Å². The molecule has 0 bridgehead atoms. The number of hydrogen-bond donors (Lipinski definition) is 1. The fourth-order valence-electron chi connectivity index (χ4n) is 1.50. The SMILES string of the molecule is C#CCCNC(=O)c1csc2ccccc12. The molecule has 1 amide bonds. The Morgan fingerprint density at radius 3 is 3.06 bits per heavy atom. The van der Waals surface area contributed by atoms with Crippen LogP contribution in [0.25, 0.3) is 10.1 Å². The number of thiophene rings is 1. The van der Waals surface area contributed by atoms with Gasteiger partial charge in [0, 0.05) is 28.4 Å². The van der Waals surface area contributed by atoms with E-state index in [9.17, 15) is 4.79 Å². The molecule has 1 aromatic heterocycles. The highest BCUT2D eigenvalue weighted by atomic mass is 32.1. The number of nitrogens with one attached hydrogen (secondary N) is 1. The lowest BCUT2D eigenvalue weighted by Gasteiger charge is -2.01. The summed E-state index contributed by atoms with van der Waals surface area (Å²) in [5.74, 6) is 2.44. The van der Waals surface area contributed by atoms with E-state index in [1.54, 1.807) is 11.3 Å². The molecule has 2 aromatic rings. The monoisotopic (exact) mass is 229 g/mol. The molecule has 2 rings (SSSR count). The van der Waals surface area contributed by atoms with Crippen molar-refractivity contribution in [1.82, 2.24) is 5.32 Å². The molecule has 0 unspecified atom stereocenters. The smallest absolute Gasteiger partial charge is 0.252 e. The summed E-state index contributed by atoms with van der Waals surface area (Å²) < 4.78 is 1.13. The zero-order valence-electron chi connectivity index (χ0n) is 8.69. The molecule has 0 fully saturated rings. The van der Waals surface area contributed by atoms with Crippen molar-refractivity contribution in [1.29, 1.82) is 0 Å². The van der Waals surface area contributed by atoms with Crippen molar-refractivity contribution in [3.05, 3.63) is 35.2 Å². The first kappa shape index (κ1) is 10.7. The molecule has 1 aromatic carbocycles. The second-order valence-electron chi connectivity index (χ2n) is 3.36. The molecular formula is C13H11NOS. The van der Waals surface area contributed by atoms with Gasteiger partial charge in [-0.25, -0.2) is 0 Å². The fraction of sp³-hybridized carbons (Fsp3) is 0.154. The number of rotatable bonds is 3. The summed E-state index contributed by atoms with van der Waals surface area (Å²) in [6.45, 7) is 0.527. The van der Waals surface area contributed by atoms with Crippen LogP contribution in [-0.2, 0) is 0 Å². The van der Waals surface area contributed by atoms with E-state index >= 15 is 0 Å². The van der Waals surface area contributed by atoms with E-state index in [4.69, 9.17) is 6.42 Å². The van der Waals surface area contributed by atoms with Gasteiger partial charge in [0.25, 0.3) is 5.91 Å². The van der Waals surface area contributed by atoms with E-state index in [0.29, 0.717) is 13.0 Å².